The van der Waals surface area contributed by atoms with Crippen molar-refractivity contribution in [3.8, 4) is 0 Å². The van der Waals surface area contributed by atoms with E-state index in [1.807, 2.05) is 20.0 Å². The normalized spacial score (nSPS) is 13.6. The SMILES string of the molecule is C=CCCN(C)C(C)CO. The van der Waals surface area contributed by atoms with Crippen LogP contribution < -0.4 is 0 Å². The molecule has 2 nitrogen and oxygen atoms in total. The topological polar surface area (TPSA) is 23.5 Å². The van der Waals surface area contributed by atoms with E-state index in [1.54, 1.807) is 0 Å². The molecule has 0 aliphatic carbocycles. The zero-order valence-corrected chi connectivity index (χ0v) is 6.88. The molecule has 0 amide bonds. The Bertz CT molecular complexity index is 93.3. The zero-order valence-electron chi connectivity index (χ0n) is 6.88. The highest BCUT2D eigenvalue weighted by Gasteiger charge is 2.04. The summed E-state index contributed by atoms with van der Waals surface area (Å²) in [6.07, 6.45) is 2.88. The third kappa shape index (κ3) is 3.64. The molecule has 0 heterocycles. The van der Waals surface area contributed by atoms with Gasteiger partial charge in [-0.25, -0.2) is 0 Å². The first-order valence-corrected chi connectivity index (χ1v) is 3.64. The van der Waals surface area contributed by atoms with Crippen LogP contribution in [0.3, 0.4) is 0 Å². The van der Waals surface area contributed by atoms with E-state index < -0.39 is 0 Å². The maximum absolute atomic E-state index is 8.74. The first kappa shape index (κ1) is 9.66. The van der Waals surface area contributed by atoms with E-state index >= 15 is 0 Å². The van der Waals surface area contributed by atoms with Crippen molar-refractivity contribution in [2.75, 3.05) is 20.2 Å². The van der Waals surface area contributed by atoms with E-state index in [-0.39, 0.29) is 12.6 Å². The van der Waals surface area contributed by atoms with Crippen LogP contribution in [0.1, 0.15) is 13.3 Å². The van der Waals surface area contributed by atoms with Crippen molar-refractivity contribution in [2.24, 2.45) is 0 Å². The average Bonchev–Trinajstić information content (AvgIpc) is 1.98. The fourth-order valence-corrected chi connectivity index (χ4v) is 0.655. The summed E-state index contributed by atoms with van der Waals surface area (Å²) in [5.74, 6) is 0. The Morgan fingerprint density at radius 2 is 2.30 bits per heavy atom. The number of aliphatic hydroxyl groups excluding tert-OH is 1. The maximum Gasteiger partial charge on any atom is 0.0584 e. The highest BCUT2D eigenvalue weighted by atomic mass is 16.3. The highest BCUT2D eigenvalue weighted by Crippen LogP contribution is 1.95. The number of nitrogens with zero attached hydrogens (tertiary/aromatic N) is 1. The van der Waals surface area contributed by atoms with Gasteiger partial charge in [0.15, 0.2) is 0 Å². The molecule has 0 aromatic rings. The average molecular weight is 143 g/mol. The molecule has 0 aromatic heterocycles. The number of hydrogen-bond acceptors (Lipinski definition) is 2. The van der Waals surface area contributed by atoms with Gasteiger partial charge in [-0.2, -0.15) is 0 Å². The smallest absolute Gasteiger partial charge is 0.0584 e. The number of rotatable bonds is 5. The maximum atomic E-state index is 8.74. The van der Waals surface area contributed by atoms with E-state index in [2.05, 4.69) is 11.5 Å². The van der Waals surface area contributed by atoms with Crippen LogP contribution in [-0.4, -0.2) is 36.2 Å². The molecule has 10 heavy (non-hydrogen) atoms. The Balaban J connectivity index is 3.40. The van der Waals surface area contributed by atoms with Crippen molar-refractivity contribution in [2.45, 2.75) is 19.4 Å². The summed E-state index contributed by atoms with van der Waals surface area (Å²) in [5, 5.41) is 8.74. The van der Waals surface area contributed by atoms with Crippen LogP contribution in [0.15, 0.2) is 12.7 Å². The Hall–Kier alpha value is -0.340. The van der Waals surface area contributed by atoms with Gasteiger partial charge in [0.05, 0.1) is 6.61 Å². The van der Waals surface area contributed by atoms with Crippen LogP contribution in [0.25, 0.3) is 0 Å². The minimum absolute atomic E-state index is 0.230. The molecule has 0 bridgehead atoms. The van der Waals surface area contributed by atoms with Crippen LogP contribution in [0.2, 0.25) is 0 Å². The number of aliphatic hydroxyl groups is 1. The van der Waals surface area contributed by atoms with Crippen molar-refractivity contribution in [1.29, 1.82) is 0 Å². The minimum Gasteiger partial charge on any atom is -0.395 e. The molecule has 1 N–H and O–H groups in total. The molecule has 0 saturated heterocycles. The van der Waals surface area contributed by atoms with Gasteiger partial charge in [-0.3, -0.25) is 0 Å². The summed E-state index contributed by atoms with van der Waals surface area (Å²) in [6, 6.07) is 0.264. The molecule has 0 aliphatic rings. The Morgan fingerprint density at radius 3 is 2.70 bits per heavy atom. The predicted molar refractivity (Wildman–Crippen MR) is 44.0 cm³/mol. The summed E-state index contributed by atoms with van der Waals surface area (Å²) >= 11 is 0. The molecule has 0 rings (SSSR count). The molecule has 0 spiro atoms. The van der Waals surface area contributed by atoms with Gasteiger partial charge in [0.2, 0.25) is 0 Å². The highest BCUT2D eigenvalue weighted by molar-refractivity contribution is 4.70. The van der Waals surface area contributed by atoms with Crippen molar-refractivity contribution in [3.63, 3.8) is 0 Å². The van der Waals surface area contributed by atoms with Gasteiger partial charge >= 0.3 is 0 Å². The van der Waals surface area contributed by atoms with E-state index in [0.29, 0.717) is 0 Å². The van der Waals surface area contributed by atoms with E-state index in [4.69, 9.17) is 5.11 Å². The summed E-state index contributed by atoms with van der Waals surface area (Å²) < 4.78 is 0. The molecule has 0 aromatic carbocycles. The second-order valence-electron chi connectivity index (χ2n) is 2.59. The van der Waals surface area contributed by atoms with E-state index in [9.17, 15) is 0 Å². The quantitative estimate of drug-likeness (QED) is 0.577. The van der Waals surface area contributed by atoms with Gasteiger partial charge in [-0.05, 0) is 20.4 Å². The molecule has 1 unspecified atom stereocenters. The third-order valence-corrected chi connectivity index (χ3v) is 1.70. The van der Waals surface area contributed by atoms with Gasteiger partial charge in [0.1, 0.15) is 0 Å². The largest absolute Gasteiger partial charge is 0.395 e. The lowest BCUT2D eigenvalue weighted by atomic mass is 10.3. The van der Waals surface area contributed by atoms with Crippen LogP contribution >= 0.6 is 0 Å². The lowest BCUT2D eigenvalue weighted by Gasteiger charge is -2.21. The standard InChI is InChI=1S/C8H17NO/c1-4-5-6-9(3)8(2)7-10/h4,8,10H,1,5-7H2,2-3H3. The van der Waals surface area contributed by atoms with E-state index in [1.165, 1.54) is 0 Å². The van der Waals surface area contributed by atoms with Gasteiger partial charge in [-0.1, -0.05) is 6.08 Å². The van der Waals surface area contributed by atoms with Crippen LogP contribution in [0.5, 0.6) is 0 Å². The second kappa shape index (κ2) is 5.45. The van der Waals surface area contributed by atoms with Crippen molar-refractivity contribution >= 4 is 0 Å². The lowest BCUT2D eigenvalue weighted by Crippen LogP contribution is -2.32. The van der Waals surface area contributed by atoms with Gasteiger partial charge in [0, 0.05) is 12.6 Å². The molecule has 1 atom stereocenters. The first-order chi connectivity index (χ1) is 4.72. The molecule has 0 saturated carbocycles. The summed E-state index contributed by atoms with van der Waals surface area (Å²) in [4.78, 5) is 2.11. The molecule has 60 valence electrons. The van der Waals surface area contributed by atoms with E-state index in [0.717, 1.165) is 13.0 Å². The van der Waals surface area contributed by atoms with Crippen molar-refractivity contribution in [3.05, 3.63) is 12.7 Å². The van der Waals surface area contributed by atoms with Crippen LogP contribution in [0, 0.1) is 0 Å². The van der Waals surface area contributed by atoms with Gasteiger partial charge in [0.25, 0.3) is 0 Å². The summed E-state index contributed by atoms with van der Waals surface area (Å²) in [7, 11) is 2.00. The monoisotopic (exact) mass is 143 g/mol. The zero-order chi connectivity index (χ0) is 7.98. The second-order valence-corrected chi connectivity index (χ2v) is 2.59. The lowest BCUT2D eigenvalue weighted by molar-refractivity contribution is 0.161. The van der Waals surface area contributed by atoms with Crippen molar-refractivity contribution < 1.29 is 5.11 Å². The minimum atomic E-state index is 0.230. The predicted octanol–water partition coefficient (Wildman–Crippen LogP) is 0.875. The Morgan fingerprint density at radius 1 is 1.70 bits per heavy atom. The Labute approximate surface area is 63.2 Å². The molecule has 0 fully saturated rings. The summed E-state index contributed by atoms with van der Waals surface area (Å²) in [5.41, 5.74) is 0. The van der Waals surface area contributed by atoms with Gasteiger partial charge < -0.3 is 10.0 Å². The number of hydrogen-bond donors (Lipinski definition) is 1. The molecular formula is C8H17NO. The molecule has 2 heteroatoms. The first-order valence-electron chi connectivity index (χ1n) is 3.64. The number of likely N-dealkylation sites (N-methyl/N-ethyl adjacent to an activating group) is 1. The van der Waals surface area contributed by atoms with Gasteiger partial charge in [-0.15, -0.1) is 6.58 Å². The van der Waals surface area contributed by atoms with Crippen LogP contribution in [-0.2, 0) is 0 Å². The molecule has 0 radical (unpaired) electrons. The third-order valence-electron chi connectivity index (χ3n) is 1.70. The Kier molecular flexibility index (Phi) is 5.26. The van der Waals surface area contributed by atoms with Crippen LogP contribution in [0.4, 0.5) is 0 Å². The fourth-order valence-electron chi connectivity index (χ4n) is 0.655. The fraction of sp³-hybridized carbons (Fsp3) is 0.750. The summed E-state index contributed by atoms with van der Waals surface area (Å²) in [6.45, 7) is 6.84. The van der Waals surface area contributed by atoms with Crippen molar-refractivity contribution in [1.82, 2.24) is 4.90 Å². The molecule has 0 aliphatic heterocycles. The molecular weight excluding hydrogens is 126 g/mol.